The average molecular weight is 287 g/mol. The molecule has 0 aromatic heterocycles. The number of nitriles is 1. The van der Waals surface area contributed by atoms with Crippen LogP contribution in [0.5, 0.6) is 0 Å². The van der Waals surface area contributed by atoms with Crippen LogP contribution in [0.4, 0.5) is 0 Å². The molecule has 1 unspecified atom stereocenters. The maximum Gasteiger partial charge on any atom is 0.237 e. The van der Waals surface area contributed by atoms with E-state index in [-0.39, 0.29) is 30.8 Å². The zero-order valence-electron chi connectivity index (χ0n) is 12.4. The quantitative estimate of drug-likeness (QED) is 0.795. The predicted octanol–water partition coefficient (Wildman–Crippen LogP) is 1.40. The number of carbonyl (C=O) groups excluding carboxylic acids is 2. The molecule has 1 aromatic rings. The van der Waals surface area contributed by atoms with E-state index < -0.39 is 5.92 Å². The first kappa shape index (κ1) is 16.7. The maximum absolute atomic E-state index is 11.9. The van der Waals surface area contributed by atoms with Gasteiger partial charge in [-0.2, -0.15) is 5.26 Å². The van der Waals surface area contributed by atoms with Crippen LogP contribution in [0.2, 0.25) is 0 Å². The van der Waals surface area contributed by atoms with Gasteiger partial charge in [-0.25, -0.2) is 0 Å². The monoisotopic (exact) mass is 287 g/mol. The van der Waals surface area contributed by atoms with Gasteiger partial charge in [0, 0.05) is 19.0 Å². The lowest BCUT2D eigenvalue weighted by atomic mass is 10.00. The second-order valence-corrected chi connectivity index (χ2v) is 5.13. The summed E-state index contributed by atoms with van der Waals surface area (Å²) in [6, 6.07) is 11.5. The molecule has 2 N–H and O–H groups in total. The van der Waals surface area contributed by atoms with E-state index >= 15 is 0 Å². The number of benzene rings is 1. The molecule has 0 aliphatic heterocycles. The molecule has 0 saturated heterocycles. The van der Waals surface area contributed by atoms with Crippen molar-refractivity contribution >= 4 is 11.8 Å². The third kappa shape index (κ3) is 6.57. The van der Waals surface area contributed by atoms with Crippen LogP contribution in [-0.2, 0) is 16.0 Å². The summed E-state index contributed by atoms with van der Waals surface area (Å²) < 4.78 is 0. The van der Waals surface area contributed by atoms with Crippen LogP contribution < -0.4 is 10.6 Å². The van der Waals surface area contributed by atoms with E-state index in [1.54, 1.807) is 0 Å². The lowest BCUT2D eigenvalue weighted by Gasteiger charge is -2.11. The van der Waals surface area contributed by atoms with E-state index in [0.29, 0.717) is 6.42 Å². The number of nitrogens with zero attached hydrogens (tertiary/aromatic N) is 1. The van der Waals surface area contributed by atoms with Crippen molar-refractivity contribution in [2.45, 2.75) is 32.7 Å². The molecule has 1 aromatic carbocycles. The first-order valence-electron chi connectivity index (χ1n) is 7.03. The Morgan fingerprint density at radius 3 is 2.48 bits per heavy atom. The summed E-state index contributed by atoms with van der Waals surface area (Å²) in [7, 11) is 0. The molecule has 112 valence electrons. The largest absolute Gasteiger partial charge is 0.354 e. The van der Waals surface area contributed by atoms with Crippen molar-refractivity contribution in [3.8, 4) is 6.07 Å². The minimum Gasteiger partial charge on any atom is -0.354 e. The third-order valence-corrected chi connectivity index (χ3v) is 2.86. The highest BCUT2D eigenvalue weighted by Gasteiger charge is 2.18. The van der Waals surface area contributed by atoms with Gasteiger partial charge in [0.15, 0.2) is 0 Å². The molecule has 0 bridgehead atoms. The predicted molar refractivity (Wildman–Crippen MR) is 80.2 cm³/mol. The summed E-state index contributed by atoms with van der Waals surface area (Å²) >= 11 is 0. The van der Waals surface area contributed by atoms with Crippen LogP contribution in [0.25, 0.3) is 0 Å². The van der Waals surface area contributed by atoms with Gasteiger partial charge < -0.3 is 10.6 Å². The van der Waals surface area contributed by atoms with Gasteiger partial charge in [0.2, 0.25) is 11.8 Å². The van der Waals surface area contributed by atoms with Crippen LogP contribution >= 0.6 is 0 Å². The van der Waals surface area contributed by atoms with Crippen molar-refractivity contribution < 1.29 is 9.59 Å². The van der Waals surface area contributed by atoms with Gasteiger partial charge in [-0.05, 0) is 25.8 Å². The van der Waals surface area contributed by atoms with Crippen LogP contribution in [-0.4, -0.2) is 24.4 Å². The van der Waals surface area contributed by atoms with Crippen LogP contribution in [0.3, 0.4) is 0 Å². The molecule has 5 nitrogen and oxygen atoms in total. The van der Waals surface area contributed by atoms with Crippen molar-refractivity contribution in [1.29, 1.82) is 5.26 Å². The summed E-state index contributed by atoms with van der Waals surface area (Å²) in [4.78, 5) is 23.4. The minimum absolute atomic E-state index is 0.0816. The second-order valence-electron chi connectivity index (χ2n) is 5.13. The minimum atomic E-state index is -0.736. The molecule has 2 amide bonds. The van der Waals surface area contributed by atoms with E-state index in [9.17, 15) is 9.59 Å². The maximum atomic E-state index is 11.9. The van der Waals surface area contributed by atoms with E-state index in [4.69, 9.17) is 5.26 Å². The molecule has 0 spiro atoms. The normalized spacial score (nSPS) is 11.5. The van der Waals surface area contributed by atoms with E-state index in [2.05, 4.69) is 10.6 Å². The molecule has 0 aliphatic carbocycles. The molecule has 21 heavy (non-hydrogen) atoms. The fourth-order valence-corrected chi connectivity index (χ4v) is 1.86. The Labute approximate surface area is 125 Å². The Balaban J connectivity index is 2.39. The molecule has 5 heteroatoms. The zero-order valence-corrected chi connectivity index (χ0v) is 12.4. The molecule has 1 rings (SSSR count). The number of carbonyl (C=O) groups is 2. The SMILES string of the molecule is CC(C)NC(=O)CCNC(=O)C(C#N)Cc1ccccc1. The van der Waals surface area contributed by atoms with Gasteiger partial charge in [0.25, 0.3) is 0 Å². The molecule has 1 atom stereocenters. The summed E-state index contributed by atoms with van der Waals surface area (Å²) in [5.74, 6) is -1.18. The first-order chi connectivity index (χ1) is 10.0. The van der Waals surface area contributed by atoms with E-state index in [0.717, 1.165) is 5.56 Å². The summed E-state index contributed by atoms with van der Waals surface area (Å²) in [6.07, 6.45) is 0.592. The number of nitrogens with one attached hydrogen (secondary N) is 2. The number of rotatable bonds is 7. The molecular weight excluding hydrogens is 266 g/mol. The zero-order chi connectivity index (χ0) is 15.7. The summed E-state index contributed by atoms with van der Waals surface area (Å²) in [5, 5.41) is 14.5. The Bertz CT molecular complexity index is 506. The third-order valence-electron chi connectivity index (χ3n) is 2.86. The summed E-state index contributed by atoms with van der Waals surface area (Å²) in [6.45, 7) is 3.99. The number of hydrogen-bond acceptors (Lipinski definition) is 3. The fourth-order valence-electron chi connectivity index (χ4n) is 1.86. The molecule has 0 radical (unpaired) electrons. The van der Waals surface area contributed by atoms with Gasteiger partial charge in [-0.15, -0.1) is 0 Å². The van der Waals surface area contributed by atoms with Crippen LogP contribution in [0.1, 0.15) is 25.8 Å². The van der Waals surface area contributed by atoms with E-state index in [1.165, 1.54) is 0 Å². The van der Waals surface area contributed by atoms with E-state index in [1.807, 2.05) is 50.2 Å². The number of hydrogen-bond donors (Lipinski definition) is 2. The molecule has 0 saturated carbocycles. The Morgan fingerprint density at radius 2 is 1.90 bits per heavy atom. The van der Waals surface area contributed by atoms with Gasteiger partial charge >= 0.3 is 0 Å². The Hall–Kier alpha value is -2.35. The topological polar surface area (TPSA) is 82.0 Å². The molecule has 0 fully saturated rings. The number of amides is 2. The molecule has 0 heterocycles. The average Bonchev–Trinajstić information content (AvgIpc) is 2.44. The van der Waals surface area contributed by atoms with Crippen LogP contribution in [0, 0.1) is 17.2 Å². The van der Waals surface area contributed by atoms with Gasteiger partial charge in [-0.1, -0.05) is 30.3 Å². The molecule has 0 aliphatic rings. The Morgan fingerprint density at radius 1 is 1.24 bits per heavy atom. The summed E-state index contributed by atoms with van der Waals surface area (Å²) in [5.41, 5.74) is 0.941. The van der Waals surface area contributed by atoms with Gasteiger partial charge in [-0.3, -0.25) is 9.59 Å². The van der Waals surface area contributed by atoms with Crippen molar-refractivity contribution in [2.24, 2.45) is 5.92 Å². The fraction of sp³-hybridized carbons (Fsp3) is 0.438. The highest BCUT2D eigenvalue weighted by atomic mass is 16.2. The highest BCUT2D eigenvalue weighted by Crippen LogP contribution is 2.08. The van der Waals surface area contributed by atoms with Crippen molar-refractivity contribution in [1.82, 2.24) is 10.6 Å². The van der Waals surface area contributed by atoms with Crippen LogP contribution in [0.15, 0.2) is 30.3 Å². The second kappa shape index (κ2) is 8.75. The Kier molecular flexibility index (Phi) is 6.96. The van der Waals surface area contributed by atoms with Gasteiger partial charge in [0.05, 0.1) is 6.07 Å². The molecular formula is C16H21N3O2. The van der Waals surface area contributed by atoms with Crippen molar-refractivity contribution in [2.75, 3.05) is 6.54 Å². The lowest BCUT2D eigenvalue weighted by Crippen LogP contribution is -2.36. The first-order valence-corrected chi connectivity index (χ1v) is 7.03. The van der Waals surface area contributed by atoms with Gasteiger partial charge in [0.1, 0.15) is 5.92 Å². The lowest BCUT2D eigenvalue weighted by molar-refractivity contribution is -0.124. The highest BCUT2D eigenvalue weighted by molar-refractivity contribution is 5.82. The standard InChI is InChI=1S/C16H21N3O2/c1-12(2)19-15(20)8-9-18-16(21)14(11-17)10-13-6-4-3-5-7-13/h3-7,12,14H,8-10H2,1-2H3,(H,18,21)(H,19,20). The van der Waals surface area contributed by atoms with Crippen molar-refractivity contribution in [3.63, 3.8) is 0 Å². The smallest absolute Gasteiger partial charge is 0.237 e. The van der Waals surface area contributed by atoms with Crippen molar-refractivity contribution in [3.05, 3.63) is 35.9 Å².